The molecule has 0 bridgehead atoms. The summed E-state index contributed by atoms with van der Waals surface area (Å²) >= 11 is 3.61. The maximum Gasteiger partial charge on any atom is 0.00911 e. The Morgan fingerprint density at radius 1 is 1.38 bits per heavy atom. The van der Waals surface area contributed by atoms with Crippen molar-refractivity contribution in [2.75, 3.05) is 5.33 Å². The van der Waals surface area contributed by atoms with E-state index in [1.165, 1.54) is 30.4 Å². The van der Waals surface area contributed by atoms with E-state index >= 15 is 0 Å². The highest BCUT2D eigenvalue weighted by Crippen LogP contribution is 2.49. The molecule has 1 heteroatoms. The van der Waals surface area contributed by atoms with Crippen molar-refractivity contribution in [1.29, 1.82) is 0 Å². The highest BCUT2D eigenvalue weighted by atomic mass is 79.9. The highest BCUT2D eigenvalue weighted by molar-refractivity contribution is 9.09. The number of aryl methyl sites for hydroxylation is 1. The van der Waals surface area contributed by atoms with Crippen molar-refractivity contribution in [2.45, 2.75) is 26.2 Å². The predicted molar refractivity (Wildman–Crippen MR) is 60.3 cm³/mol. The van der Waals surface area contributed by atoms with Crippen molar-refractivity contribution in [1.82, 2.24) is 0 Å². The van der Waals surface area contributed by atoms with Gasteiger partial charge in [-0.15, -0.1) is 0 Å². The summed E-state index contributed by atoms with van der Waals surface area (Å²) in [6.07, 6.45) is 4.04. The summed E-state index contributed by atoms with van der Waals surface area (Å²) in [7, 11) is 0. The number of hydrogen-bond donors (Lipinski definition) is 0. The van der Waals surface area contributed by atoms with Crippen LogP contribution in [0.3, 0.4) is 0 Å². The maximum absolute atomic E-state index is 3.61. The van der Waals surface area contributed by atoms with Crippen LogP contribution in [0.5, 0.6) is 0 Å². The number of rotatable bonds is 3. The van der Waals surface area contributed by atoms with E-state index in [9.17, 15) is 0 Å². The number of alkyl halides is 1. The van der Waals surface area contributed by atoms with Gasteiger partial charge in [-0.3, -0.25) is 0 Å². The van der Waals surface area contributed by atoms with Gasteiger partial charge in [-0.25, -0.2) is 0 Å². The zero-order chi connectivity index (χ0) is 9.31. The van der Waals surface area contributed by atoms with Crippen molar-refractivity contribution in [3.63, 3.8) is 0 Å². The molecule has 0 atom stereocenters. The Balaban J connectivity index is 2.09. The van der Waals surface area contributed by atoms with Crippen LogP contribution < -0.4 is 0 Å². The fourth-order valence-corrected chi connectivity index (χ4v) is 2.55. The summed E-state index contributed by atoms with van der Waals surface area (Å²) < 4.78 is 0. The Morgan fingerprint density at radius 2 is 2.15 bits per heavy atom. The molecule has 2 rings (SSSR count). The van der Waals surface area contributed by atoms with E-state index in [4.69, 9.17) is 0 Å². The summed E-state index contributed by atoms with van der Waals surface area (Å²) in [6, 6.07) is 8.88. The molecule has 0 N–H and O–H groups in total. The van der Waals surface area contributed by atoms with Gasteiger partial charge in [0.1, 0.15) is 0 Å². The average molecular weight is 239 g/mol. The lowest BCUT2D eigenvalue weighted by molar-refractivity contribution is 0.586. The summed E-state index contributed by atoms with van der Waals surface area (Å²) in [6.45, 7) is 2.16. The molecular weight excluding hydrogens is 224 g/mol. The summed E-state index contributed by atoms with van der Waals surface area (Å²) in [5.41, 5.74) is 3.48. The van der Waals surface area contributed by atoms with Gasteiger partial charge < -0.3 is 0 Å². The Labute approximate surface area is 88.5 Å². The second-order valence-corrected chi connectivity index (χ2v) is 4.86. The molecule has 0 aromatic heterocycles. The molecule has 1 aliphatic carbocycles. The van der Waals surface area contributed by atoms with Crippen LogP contribution in [0.15, 0.2) is 24.3 Å². The Kier molecular flexibility index (Phi) is 2.46. The van der Waals surface area contributed by atoms with E-state index in [2.05, 4.69) is 47.1 Å². The van der Waals surface area contributed by atoms with Crippen LogP contribution in [0, 0.1) is 12.3 Å². The Morgan fingerprint density at radius 3 is 2.69 bits per heavy atom. The second kappa shape index (κ2) is 3.45. The van der Waals surface area contributed by atoms with Gasteiger partial charge in [0.05, 0.1) is 0 Å². The predicted octanol–water partition coefficient (Wildman–Crippen LogP) is 3.71. The van der Waals surface area contributed by atoms with Crippen molar-refractivity contribution in [2.24, 2.45) is 5.41 Å². The molecule has 0 saturated heterocycles. The van der Waals surface area contributed by atoms with E-state index in [0.29, 0.717) is 5.41 Å². The van der Waals surface area contributed by atoms with Gasteiger partial charge in [0.15, 0.2) is 0 Å². The molecule has 70 valence electrons. The van der Waals surface area contributed by atoms with Crippen LogP contribution in [-0.2, 0) is 6.42 Å². The largest absolute Gasteiger partial charge is 0.0922 e. The first kappa shape index (κ1) is 9.26. The molecule has 1 aromatic rings. The zero-order valence-corrected chi connectivity index (χ0v) is 9.60. The fraction of sp³-hybridized carbons (Fsp3) is 0.500. The minimum Gasteiger partial charge on any atom is -0.0922 e. The van der Waals surface area contributed by atoms with Gasteiger partial charge in [0.2, 0.25) is 0 Å². The third-order valence-electron chi connectivity index (χ3n) is 2.90. The van der Waals surface area contributed by atoms with E-state index < -0.39 is 0 Å². The number of hydrogen-bond acceptors (Lipinski definition) is 0. The second-order valence-electron chi connectivity index (χ2n) is 4.30. The van der Waals surface area contributed by atoms with E-state index in [0.717, 1.165) is 5.33 Å². The smallest absolute Gasteiger partial charge is 0.00911 e. The SMILES string of the molecule is Cc1cccc(CC2(CBr)CC2)c1. The van der Waals surface area contributed by atoms with Gasteiger partial charge >= 0.3 is 0 Å². The van der Waals surface area contributed by atoms with E-state index in [1.807, 2.05) is 0 Å². The summed E-state index contributed by atoms with van der Waals surface area (Å²) in [5.74, 6) is 0. The third kappa shape index (κ3) is 2.14. The summed E-state index contributed by atoms with van der Waals surface area (Å²) in [5, 5.41) is 1.16. The van der Waals surface area contributed by atoms with Gasteiger partial charge in [-0.05, 0) is 37.2 Å². The molecule has 1 aromatic carbocycles. The Hall–Kier alpha value is -0.300. The molecule has 0 unspecified atom stereocenters. The third-order valence-corrected chi connectivity index (χ3v) is 4.09. The monoisotopic (exact) mass is 238 g/mol. The molecule has 0 radical (unpaired) electrons. The van der Waals surface area contributed by atoms with Crippen LogP contribution in [0.2, 0.25) is 0 Å². The molecular formula is C12H15Br. The van der Waals surface area contributed by atoms with Crippen LogP contribution in [0.4, 0.5) is 0 Å². The number of benzene rings is 1. The standard InChI is InChI=1S/C12H15Br/c1-10-3-2-4-11(7-10)8-12(9-13)5-6-12/h2-4,7H,5-6,8-9H2,1H3. The molecule has 0 heterocycles. The van der Waals surface area contributed by atoms with Gasteiger partial charge in [-0.1, -0.05) is 45.8 Å². The zero-order valence-electron chi connectivity index (χ0n) is 8.02. The lowest BCUT2D eigenvalue weighted by Gasteiger charge is -2.11. The molecule has 1 aliphatic rings. The molecule has 0 nitrogen and oxygen atoms in total. The number of halogens is 1. The van der Waals surface area contributed by atoms with Crippen LogP contribution in [-0.4, -0.2) is 5.33 Å². The van der Waals surface area contributed by atoms with Crippen molar-refractivity contribution >= 4 is 15.9 Å². The Bertz CT molecular complexity index is 300. The minimum absolute atomic E-state index is 0.605. The average Bonchev–Trinajstić information content (AvgIpc) is 2.86. The van der Waals surface area contributed by atoms with E-state index in [1.54, 1.807) is 0 Å². The van der Waals surface area contributed by atoms with Crippen LogP contribution in [0.1, 0.15) is 24.0 Å². The molecule has 0 amide bonds. The summed E-state index contributed by atoms with van der Waals surface area (Å²) in [4.78, 5) is 0. The van der Waals surface area contributed by atoms with Crippen molar-refractivity contribution in [3.8, 4) is 0 Å². The maximum atomic E-state index is 3.61. The highest BCUT2D eigenvalue weighted by Gasteiger charge is 2.41. The first-order chi connectivity index (χ1) is 6.24. The van der Waals surface area contributed by atoms with Gasteiger partial charge in [0.25, 0.3) is 0 Å². The minimum atomic E-state index is 0.605. The first-order valence-electron chi connectivity index (χ1n) is 4.86. The lowest BCUT2D eigenvalue weighted by Crippen LogP contribution is -2.06. The first-order valence-corrected chi connectivity index (χ1v) is 5.98. The van der Waals surface area contributed by atoms with Crippen molar-refractivity contribution < 1.29 is 0 Å². The molecule has 0 spiro atoms. The van der Waals surface area contributed by atoms with Crippen LogP contribution >= 0.6 is 15.9 Å². The van der Waals surface area contributed by atoms with Gasteiger partial charge in [0, 0.05) is 5.33 Å². The molecule has 1 saturated carbocycles. The quantitative estimate of drug-likeness (QED) is 0.705. The van der Waals surface area contributed by atoms with Crippen LogP contribution in [0.25, 0.3) is 0 Å². The van der Waals surface area contributed by atoms with E-state index in [-0.39, 0.29) is 0 Å². The molecule has 0 aliphatic heterocycles. The topological polar surface area (TPSA) is 0 Å². The molecule has 13 heavy (non-hydrogen) atoms. The van der Waals surface area contributed by atoms with Gasteiger partial charge in [-0.2, -0.15) is 0 Å². The lowest BCUT2D eigenvalue weighted by atomic mass is 9.98. The normalized spacial score (nSPS) is 18.6. The van der Waals surface area contributed by atoms with Crippen molar-refractivity contribution in [3.05, 3.63) is 35.4 Å². The molecule has 1 fully saturated rings. The fourth-order valence-electron chi connectivity index (χ4n) is 1.79.